The van der Waals surface area contributed by atoms with Gasteiger partial charge in [-0.1, -0.05) is 0 Å². The highest BCUT2D eigenvalue weighted by atomic mass is 16.5. The summed E-state index contributed by atoms with van der Waals surface area (Å²) >= 11 is 0. The van der Waals surface area contributed by atoms with Crippen LogP contribution in [0.4, 0.5) is 0 Å². The van der Waals surface area contributed by atoms with Crippen LogP contribution in [0.2, 0.25) is 0 Å². The first kappa shape index (κ1) is 5.68. The molecule has 0 unspecified atom stereocenters. The molecule has 0 aliphatic carbocycles. The van der Waals surface area contributed by atoms with E-state index in [0.29, 0.717) is 13.2 Å². The molecule has 0 bridgehead atoms. The maximum absolute atomic E-state index is 11.0. The largest absolute Gasteiger partial charge is 0.370 e. The molecule has 0 spiro atoms. The molecule has 2 rings (SSSR count). The van der Waals surface area contributed by atoms with Crippen molar-refractivity contribution in [3.8, 4) is 0 Å². The number of hydrogen-bond acceptors (Lipinski definition) is 2. The lowest BCUT2D eigenvalue weighted by atomic mass is 10.2. The Morgan fingerprint density at radius 2 is 2.40 bits per heavy atom. The molecule has 0 atom stereocenters. The van der Waals surface area contributed by atoms with Gasteiger partial charge < -0.3 is 9.72 Å². The van der Waals surface area contributed by atoms with E-state index in [4.69, 9.17) is 4.74 Å². The molecule has 0 fully saturated rings. The zero-order valence-corrected chi connectivity index (χ0v) is 5.39. The van der Waals surface area contributed by atoms with Crippen molar-refractivity contribution in [3.05, 3.63) is 33.7 Å². The molecule has 1 aliphatic rings. The molecule has 1 aromatic rings. The first-order valence-electron chi connectivity index (χ1n) is 3.15. The lowest BCUT2D eigenvalue weighted by molar-refractivity contribution is 0.133. The Morgan fingerprint density at radius 1 is 1.50 bits per heavy atom. The molecule has 0 aromatic carbocycles. The number of nitrogens with one attached hydrogen (secondary N) is 1. The summed E-state index contributed by atoms with van der Waals surface area (Å²) in [7, 11) is 0. The number of fused-ring (bicyclic) bond motifs is 1. The minimum Gasteiger partial charge on any atom is -0.370 e. The average Bonchev–Trinajstić information content (AvgIpc) is 2.36. The van der Waals surface area contributed by atoms with Gasteiger partial charge in [-0.05, 0) is 0 Å². The van der Waals surface area contributed by atoms with Crippen molar-refractivity contribution in [1.82, 2.24) is 4.98 Å². The first-order valence-corrected chi connectivity index (χ1v) is 3.15. The van der Waals surface area contributed by atoms with E-state index in [-0.39, 0.29) is 5.43 Å². The van der Waals surface area contributed by atoms with Crippen LogP contribution in [0.25, 0.3) is 0 Å². The van der Waals surface area contributed by atoms with E-state index in [0.717, 1.165) is 11.3 Å². The molecule has 3 nitrogen and oxygen atoms in total. The van der Waals surface area contributed by atoms with Crippen LogP contribution in [-0.2, 0) is 18.0 Å². The molecule has 10 heavy (non-hydrogen) atoms. The van der Waals surface area contributed by atoms with Crippen molar-refractivity contribution in [2.75, 3.05) is 0 Å². The Balaban J connectivity index is 2.70. The van der Waals surface area contributed by atoms with Gasteiger partial charge in [-0.2, -0.15) is 0 Å². The Labute approximate surface area is 57.7 Å². The van der Waals surface area contributed by atoms with Gasteiger partial charge in [0.05, 0.1) is 18.9 Å². The number of hydrogen-bond donors (Lipinski definition) is 1. The van der Waals surface area contributed by atoms with Crippen LogP contribution < -0.4 is 5.43 Å². The highest BCUT2D eigenvalue weighted by molar-refractivity contribution is 5.20. The monoisotopic (exact) mass is 137 g/mol. The van der Waals surface area contributed by atoms with Gasteiger partial charge in [-0.3, -0.25) is 4.79 Å². The molecule has 1 aliphatic heterocycles. The highest BCUT2D eigenvalue weighted by Gasteiger charge is 2.12. The molecule has 52 valence electrons. The Kier molecular flexibility index (Phi) is 1.11. The molecule has 1 N–H and O–H groups in total. The van der Waals surface area contributed by atoms with Crippen molar-refractivity contribution in [2.24, 2.45) is 0 Å². The van der Waals surface area contributed by atoms with Gasteiger partial charge >= 0.3 is 0 Å². The topological polar surface area (TPSA) is 42.1 Å². The number of aromatic amines is 1. The maximum Gasteiger partial charge on any atom is 0.187 e. The third-order valence-corrected chi connectivity index (χ3v) is 1.65. The van der Waals surface area contributed by atoms with Crippen LogP contribution in [0.3, 0.4) is 0 Å². The molecular formula is C7H7NO2. The van der Waals surface area contributed by atoms with E-state index < -0.39 is 0 Å². The first-order chi connectivity index (χ1) is 4.88. The van der Waals surface area contributed by atoms with E-state index in [2.05, 4.69) is 4.98 Å². The smallest absolute Gasteiger partial charge is 0.187 e. The maximum atomic E-state index is 11.0. The van der Waals surface area contributed by atoms with Crippen LogP contribution in [0.1, 0.15) is 11.3 Å². The van der Waals surface area contributed by atoms with Crippen LogP contribution in [0.5, 0.6) is 0 Å². The second kappa shape index (κ2) is 1.95. The summed E-state index contributed by atoms with van der Waals surface area (Å²) in [5.74, 6) is 0. The van der Waals surface area contributed by atoms with Crippen LogP contribution in [0, 0.1) is 0 Å². The van der Waals surface area contributed by atoms with E-state index in [1.165, 1.54) is 6.07 Å². The normalized spacial score (nSPS) is 15.2. The number of pyridine rings is 1. The second-order valence-corrected chi connectivity index (χ2v) is 2.29. The second-order valence-electron chi connectivity index (χ2n) is 2.29. The van der Waals surface area contributed by atoms with Gasteiger partial charge in [0.15, 0.2) is 5.43 Å². The van der Waals surface area contributed by atoms with E-state index in [1.807, 2.05) is 0 Å². The lowest BCUT2D eigenvalue weighted by Gasteiger charge is -1.91. The Hall–Kier alpha value is -1.09. The Bertz CT molecular complexity index is 303. The SMILES string of the molecule is O=c1cc[nH]c2c1COC2. The minimum absolute atomic E-state index is 0.0752. The zero-order chi connectivity index (χ0) is 6.97. The van der Waals surface area contributed by atoms with Gasteiger partial charge in [0.1, 0.15) is 0 Å². The van der Waals surface area contributed by atoms with Crippen molar-refractivity contribution in [2.45, 2.75) is 13.2 Å². The fourth-order valence-electron chi connectivity index (χ4n) is 1.10. The lowest BCUT2D eigenvalue weighted by Crippen LogP contribution is -2.06. The summed E-state index contributed by atoms with van der Waals surface area (Å²) in [5.41, 5.74) is 1.78. The predicted molar refractivity (Wildman–Crippen MR) is 35.6 cm³/mol. The van der Waals surface area contributed by atoms with Gasteiger partial charge in [0.25, 0.3) is 0 Å². The van der Waals surface area contributed by atoms with Gasteiger partial charge in [0.2, 0.25) is 0 Å². The summed E-state index contributed by atoms with van der Waals surface area (Å²) in [6.07, 6.45) is 1.65. The van der Waals surface area contributed by atoms with Crippen molar-refractivity contribution < 1.29 is 4.74 Å². The minimum atomic E-state index is 0.0752. The van der Waals surface area contributed by atoms with Crippen LogP contribution in [0.15, 0.2) is 17.1 Å². The standard InChI is InChI=1S/C7H7NO2/c9-7-1-2-8-6-4-10-3-5(6)7/h1-2H,3-4H2,(H,8,9). The Morgan fingerprint density at radius 3 is 3.20 bits per heavy atom. The zero-order valence-electron chi connectivity index (χ0n) is 5.39. The molecule has 2 heterocycles. The summed E-state index contributed by atoms with van der Waals surface area (Å²) in [4.78, 5) is 14.0. The third kappa shape index (κ3) is 0.675. The molecule has 0 saturated carbocycles. The van der Waals surface area contributed by atoms with Crippen molar-refractivity contribution in [1.29, 1.82) is 0 Å². The summed E-state index contributed by atoms with van der Waals surface area (Å²) in [6.45, 7) is 1.01. The number of aromatic nitrogens is 1. The highest BCUT2D eigenvalue weighted by Crippen LogP contribution is 2.11. The molecule has 0 amide bonds. The van der Waals surface area contributed by atoms with Crippen LogP contribution >= 0.6 is 0 Å². The molecule has 3 heteroatoms. The fraction of sp³-hybridized carbons (Fsp3) is 0.286. The van der Waals surface area contributed by atoms with Crippen molar-refractivity contribution in [3.63, 3.8) is 0 Å². The third-order valence-electron chi connectivity index (χ3n) is 1.65. The van der Waals surface area contributed by atoms with Gasteiger partial charge in [0, 0.05) is 17.8 Å². The van der Waals surface area contributed by atoms with E-state index >= 15 is 0 Å². The average molecular weight is 137 g/mol. The van der Waals surface area contributed by atoms with Gasteiger partial charge in [-0.15, -0.1) is 0 Å². The van der Waals surface area contributed by atoms with E-state index in [1.54, 1.807) is 6.20 Å². The quantitative estimate of drug-likeness (QED) is 0.562. The summed E-state index contributed by atoms with van der Waals surface area (Å²) < 4.78 is 5.06. The number of H-pyrrole nitrogens is 1. The van der Waals surface area contributed by atoms with Crippen molar-refractivity contribution >= 4 is 0 Å². The molecule has 1 aromatic heterocycles. The number of ether oxygens (including phenoxy) is 1. The summed E-state index contributed by atoms with van der Waals surface area (Å²) in [5, 5.41) is 0. The van der Waals surface area contributed by atoms with E-state index in [9.17, 15) is 4.79 Å². The van der Waals surface area contributed by atoms with Gasteiger partial charge in [-0.25, -0.2) is 0 Å². The molecule has 0 radical (unpaired) electrons. The van der Waals surface area contributed by atoms with Crippen LogP contribution in [-0.4, -0.2) is 4.98 Å². The predicted octanol–water partition coefficient (Wildman–Crippen LogP) is 0.405. The molecular weight excluding hydrogens is 130 g/mol. The number of rotatable bonds is 0. The fourth-order valence-corrected chi connectivity index (χ4v) is 1.10. The summed E-state index contributed by atoms with van der Waals surface area (Å²) in [6, 6.07) is 1.52. The molecule has 0 saturated heterocycles.